The summed E-state index contributed by atoms with van der Waals surface area (Å²) in [6.07, 6.45) is 1.80. The molecule has 23 heavy (non-hydrogen) atoms. The largest absolute Gasteiger partial charge is 0.341 e. The van der Waals surface area contributed by atoms with Gasteiger partial charge in [-0.3, -0.25) is 14.4 Å². The van der Waals surface area contributed by atoms with E-state index in [9.17, 15) is 14.4 Å². The number of aromatic nitrogens is 1. The van der Waals surface area contributed by atoms with E-state index in [0.717, 1.165) is 0 Å². The minimum absolute atomic E-state index is 0.00173. The van der Waals surface area contributed by atoms with Crippen molar-refractivity contribution in [1.82, 2.24) is 10.3 Å². The number of nitrogens with one attached hydrogen (secondary N) is 2. The van der Waals surface area contributed by atoms with Crippen LogP contribution < -0.4 is 10.6 Å². The SMILES string of the molecule is O=[C]C(NC(=O)Cc1csc(NC(=O)CCl)n1)c1ccccc1. The lowest BCUT2D eigenvalue weighted by Gasteiger charge is -2.11. The first-order chi connectivity index (χ1) is 11.1. The lowest BCUT2D eigenvalue weighted by atomic mass is 10.1. The highest BCUT2D eigenvalue weighted by Gasteiger charge is 2.16. The Kier molecular flexibility index (Phi) is 6.25. The average molecular weight is 351 g/mol. The summed E-state index contributed by atoms with van der Waals surface area (Å²) in [6, 6.07) is 8.02. The molecule has 0 bridgehead atoms. The molecule has 0 aliphatic heterocycles. The predicted molar refractivity (Wildman–Crippen MR) is 88.2 cm³/mol. The van der Waals surface area contributed by atoms with Crippen LogP contribution in [0.1, 0.15) is 17.3 Å². The summed E-state index contributed by atoms with van der Waals surface area (Å²) in [5.74, 6) is -0.886. The number of hydrogen-bond acceptors (Lipinski definition) is 5. The van der Waals surface area contributed by atoms with Crippen LogP contribution in [0, 0.1) is 0 Å². The van der Waals surface area contributed by atoms with Crippen molar-refractivity contribution in [2.24, 2.45) is 0 Å². The van der Waals surface area contributed by atoms with Crippen molar-refractivity contribution in [2.75, 3.05) is 11.2 Å². The molecule has 0 aliphatic carbocycles. The number of carbonyl (C=O) groups is 2. The van der Waals surface area contributed by atoms with Gasteiger partial charge in [0.2, 0.25) is 18.1 Å². The van der Waals surface area contributed by atoms with Crippen LogP contribution in [0.15, 0.2) is 35.7 Å². The van der Waals surface area contributed by atoms with Crippen molar-refractivity contribution in [2.45, 2.75) is 12.5 Å². The van der Waals surface area contributed by atoms with E-state index in [1.54, 1.807) is 35.9 Å². The molecule has 0 saturated carbocycles. The van der Waals surface area contributed by atoms with Gasteiger partial charge in [-0.05, 0) is 5.56 Å². The fourth-order valence-corrected chi connectivity index (χ4v) is 2.59. The molecule has 1 aromatic carbocycles. The molecule has 0 saturated heterocycles. The van der Waals surface area contributed by atoms with E-state index < -0.39 is 6.04 Å². The number of thiazole rings is 1. The zero-order valence-corrected chi connectivity index (χ0v) is 13.5. The van der Waals surface area contributed by atoms with Crippen LogP contribution in [-0.4, -0.2) is 29.0 Å². The second-order valence-corrected chi connectivity index (χ2v) is 5.66. The quantitative estimate of drug-likeness (QED) is 0.746. The molecular formula is C15H13ClN3O3S. The van der Waals surface area contributed by atoms with Gasteiger partial charge in [0.15, 0.2) is 5.13 Å². The topological polar surface area (TPSA) is 88.2 Å². The maximum absolute atomic E-state index is 12.0. The molecule has 1 unspecified atom stereocenters. The van der Waals surface area contributed by atoms with E-state index in [4.69, 9.17) is 11.6 Å². The molecule has 1 radical (unpaired) electrons. The van der Waals surface area contributed by atoms with Crippen LogP contribution in [0.5, 0.6) is 0 Å². The summed E-state index contributed by atoms with van der Waals surface area (Å²) in [5, 5.41) is 7.13. The Morgan fingerprint density at radius 3 is 2.65 bits per heavy atom. The second kappa shape index (κ2) is 8.40. The average Bonchev–Trinajstić information content (AvgIpc) is 3.00. The number of hydrogen-bond donors (Lipinski definition) is 2. The van der Waals surface area contributed by atoms with E-state index in [2.05, 4.69) is 15.6 Å². The highest BCUT2D eigenvalue weighted by molar-refractivity contribution is 7.14. The molecule has 1 aromatic heterocycles. The Bertz CT molecular complexity index is 690. The molecule has 1 atom stereocenters. The summed E-state index contributed by atoms with van der Waals surface area (Å²) >= 11 is 6.59. The fourth-order valence-electron chi connectivity index (χ4n) is 1.80. The number of alkyl halides is 1. The lowest BCUT2D eigenvalue weighted by Crippen LogP contribution is -2.30. The predicted octanol–water partition coefficient (Wildman–Crippen LogP) is 1.83. The summed E-state index contributed by atoms with van der Waals surface area (Å²) in [6.45, 7) is 0. The number of amides is 2. The Balaban J connectivity index is 1.94. The van der Waals surface area contributed by atoms with E-state index in [-0.39, 0.29) is 24.1 Å². The molecule has 0 aliphatic rings. The zero-order chi connectivity index (χ0) is 16.7. The molecule has 1 heterocycles. The van der Waals surface area contributed by atoms with E-state index in [1.165, 1.54) is 11.3 Å². The maximum atomic E-state index is 12.0. The third kappa shape index (κ3) is 5.15. The van der Waals surface area contributed by atoms with Crippen molar-refractivity contribution in [3.63, 3.8) is 0 Å². The molecule has 2 N–H and O–H groups in total. The number of carbonyl (C=O) groups excluding carboxylic acids is 3. The van der Waals surface area contributed by atoms with E-state index in [1.807, 2.05) is 6.07 Å². The van der Waals surface area contributed by atoms with Gasteiger partial charge in [-0.1, -0.05) is 30.3 Å². The standard InChI is InChI=1S/C15H13ClN3O3S/c16-7-14(22)19-15-17-11(9-23-15)6-13(21)18-12(8-20)10-4-2-1-3-5-10/h1-5,9,12H,6-7H2,(H,18,21)(H,17,19,22). The lowest BCUT2D eigenvalue weighted by molar-refractivity contribution is -0.120. The van der Waals surface area contributed by atoms with Gasteiger partial charge < -0.3 is 10.6 Å². The number of nitrogens with zero attached hydrogens (tertiary/aromatic N) is 1. The molecule has 8 heteroatoms. The van der Waals surface area contributed by atoms with Crippen LogP contribution in [0.2, 0.25) is 0 Å². The number of benzene rings is 1. The Morgan fingerprint density at radius 2 is 2.00 bits per heavy atom. The minimum Gasteiger partial charge on any atom is -0.341 e. The fraction of sp³-hybridized carbons (Fsp3) is 0.200. The van der Waals surface area contributed by atoms with Crippen molar-refractivity contribution < 1.29 is 14.4 Å². The molecule has 0 fully saturated rings. The Hall–Kier alpha value is -2.25. The minimum atomic E-state index is -0.822. The van der Waals surface area contributed by atoms with Gasteiger partial charge in [-0.2, -0.15) is 0 Å². The van der Waals surface area contributed by atoms with Crippen molar-refractivity contribution >= 4 is 46.2 Å². The molecule has 0 spiro atoms. The molecule has 2 rings (SSSR count). The van der Waals surface area contributed by atoms with Gasteiger partial charge in [0.05, 0.1) is 12.1 Å². The second-order valence-electron chi connectivity index (χ2n) is 4.53. The summed E-state index contributed by atoms with van der Waals surface area (Å²) in [7, 11) is 0. The summed E-state index contributed by atoms with van der Waals surface area (Å²) < 4.78 is 0. The first-order valence-electron chi connectivity index (χ1n) is 6.64. The summed E-state index contributed by atoms with van der Waals surface area (Å²) in [4.78, 5) is 38.3. The highest BCUT2D eigenvalue weighted by atomic mass is 35.5. The van der Waals surface area contributed by atoms with Crippen molar-refractivity contribution in [3.8, 4) is 0 Å². The third-order valence-corrected chi connectivity index (χ3v) is 3.87. The van der Waals surface area contributed by atoms with Crippen LogP contribution in [0.25, 0.3) is 0 Å². The van der Waals surface area contributed by atoms with E-state index >= 15 is 0 Å². The van der Waals surface area contributed by atoms with Crippen molar-refractivity contribution in [3.05, 3.63) is 47.0 Å². The van der Waals surface area contributed by atoms with Gasteiger partial charge in [0, 0.05) is 5.38 Å². The first-order valence-corrected chi connectivity index (χ1v) is 8.06. The molecule has 2 amide bonds. The number of anilines is 1. The third-order valence-electron chi connectivity index (χ3n) is 2.82. The molecule has 2 aromatic rings. The van der Waals surface area contributed by atoms with Crippen LogP contribution in [0.3, 0.4) is 0 Å². The first kappa shape index (κ1) is 17.1. The molecule has 6 nitrogen and oxygen atoms in total. The van der Waals surface area contributed by atoms with Crippen LogP contribution in [-0.2, 0) is 20.8 Å². The van der Waals surface area contributed by atoms with Crippen LogP contribution >= 0.6 is 22.9 Å². The number of rotatable bonds is 7. The Morgan fingerprint density at radius 1 is 1.26 bits per heavy atom. The zero-order valence-electron chi connectivity index (χ0n) is 11.9. The Labute approximate surface area is 141 Å². The van der Waals surface area contributed by atoms with Gasteiger partial charge >= 0.3 is 0 Å². The molecule has 119 valence electrons. The highest BCUT2D eigenvalue weighted by Crippen LogP contribution is 2.16. The maximum Gasteiger partial charge on any atom is 0.241 e. The van der Waals surface area contributed by atoms with Gasteiger partial charge in [-0.15, -0.1) is 22.9 Å². The van der Waals surface area contributed by atoms with Crippen LogP contribution in [0.4, 0.5) is 5.13 Å². The monoisotopic (exact) mass is 350 g/mol. The summed E-state index contributed by atoms with van der Waals surface area (Å²) in [5.41, 5.74) is 1.15. The molecular weight excluding hydrogens is 338 g/mol. The van der Waals surface area contributed by atoms with Crippen molar-refractivity contribution in [1.29, 1.82) is 0 Å². The normalized spacial score (nSPS) is 11.5. The van der Waals surface area contributed by atoms with Gasteiger partial charge in [0.1, 0.15) is 11.9 Å². The van der Waals surface area contributed by atoms with E-state index in [0.29, 0.717) is 16.4 Å². The number of halogens is 1. The van der Waals surface area contributed by atoms with Gasteiger partial charge in [0.25, 0.3) is 0 Å². The smallest absolute Gasteiger partial charge is 0.241 e. The van der Waals surface area contributed by atoms with Gasteiger partial charge in [-0.25, -0.2) is 4.98 Å².